The van der Waals surface area contributed by atoms with E-state index in [0.717, 1.165) is 55.5 Å². The van der Waals surface area contributed by atoms with Crippen molar-refractivity contribution in [1.29, 1.82) is 0 Å². The van der Waals surface area contributed by atoms with Gasteiger partial charge in [-0.15, -0.1) is 0 Å². The van der Waals surface area contributed by atoms with Crippen LogP contribution in [0.2, 0.25) is 0 Å². The normalized spacial score (nSPS) is 12.9. The lowest BCUT2D eigenvalue weighted by Gasteiger charge is -2.29. The Labute approximate surface area is 355 Å². The lowest BCUT2D eigenvalue weighted by atomic mass is 9.82. The topological polar surface area (TPSA) is 16.4 Å². The summed E-state index contributed by atoms with van der Waals surface area (Å²) in [6.45, 7) is 4.72. The van der Waals surface area contributed by atoms with Gasteiger partial charge < -0.3 is 9.32 Å². The van der Waals surface area contributed by atoms with Crippen LogP contribution in [0.1, 0.15) is 25.0 Å². The molecule has 10 aromatic carbocycles. The first kappa shape index (κ1) is 35.3. The fraction of sp³-hybridized carbons (Fsp3) is 0.0508. The number of benzene rings is 10. The van der Waals surface area contributed by atoms with Crippen molar-refractivity contribution in [2.75, 3.05) is 4.90 Å². The van der Waals surface area contributed by atoms with Gasteiger partial charge in [0.2, 0.25) is 0 Å². The van der Waals surface area contributed by atoms with Crippen LogP contribution >= 0.6 is 0 Å². The van der Waals surface area contributed by atoms with E-state index in [4.69, 9.17) is 4.42 Å². The predicted octanol–water partition coefficient (Wildman–Crippen LogP) is 16.7. The highest BCUT2D eigenvalue weighted by Gasteiger charge is 2.36. The molecule has 1 aliphatic rings. The summed E-state index contributed by atoms with van der Waals surface area (Å²) < 4.78 is 7.02. The average Bonchev–Trinajstić information content (AvgIpc) is 3.81. The zero-order valence-electron chi connectivity index (χ0n) is 34.1. The van der Waals surface area contributed by atoms with Gasteiger partial charge in [0.15, 0.2) is 0 Å². The molecule has 2 nitrogen and oxygen atoms in total. The monoisotopic (exact) mass is 779 g/mol. The van der Waals surface area contributed by atoms with E-state index in [-0.39, 0.29) is 5.41 Å². The predicted molar refractivity (Wildman–Crippen MR) is 257 cm³/mol. The first-order chi connectivity index (χ1) is 30.0. The molecular formula is C59H41NO. The first-order valence-electron chi connectivity index (χ1n) is 21.2. The van der Waals surface area contributed by atoms with Gasteiger partial charge in [-0.25, -0.2) is 0 Å². The summed E-state index contributed by atoms with van der Waals surface area (Å²) >= 11 is 0. The Morgan fingerprint density at radius 1 is 0.377 bits per heavy atom. The number of furan rings is 1. The molecule has 0 fully saturated rings. The van der Waals surface area contributed by atoms with Gasteiger partial charge in [0.1, 0.15) is 11.2 Å². The summed E-state index contributed by atoms with van der Waals surface area (Å²) in [7, 11) is 0. The van der Waals surface area contributed by atoms with Gasteiger partial charge in [-0.3, -0.25) is 0 Å². The number of fused-ring (bicyclic) bond motifs is 9. The lowest BCUT2D eigenvalue weighted by Crippen LogP contribution is -2.16. The Balaban J connectivity index is 1.18. The van der Waals surface area contributed by atoms with E-state index >= 15 is 0 Å². The maximum Gasteiger partial charge on any atom is 0.143 e. The Bertz CT molecular complexity index is 3440. The van der Waals surface area contributed by atoms with Crippen LogP contribution in [0, 0.1) is 0 Å². The van der Waals surface area contributed by atoms with Gasteiger partial charge in [0, 0.05) is 27.6 Å². The molecule has 0 radical (unpaired) electrons. The van der Waals surface area contributed by atoms with Crippen LogP contribution in [0.5, 0.6) is 0 Å². The number of hydrogen-bond acceptors (Lipinski definition) is 2. The van der Waals surface area contributed by atoms with E-state index in [1.807, 2.05) is 0 Å². The van der Waals surface area contributed by atoms with Crippen molar-refractivity contribution in [1.82, 2.24) is 0 Å². The van der Waals surface area contributed by atoms with E-state index in [1.165, 1.54) is 60.7 Å². The van der Waals surface area contributed by atoms with Gasteiger partial charge >= 0.3 is 0 Å². The van der Waals surface area contributed by atoms with Crippen LogP contribution in [0.25, 0.3) is 88.0 Å². The highest BCUT2D eigenvalue weighted by Crippen LogP contribution is 2.52. The zero-order chi connectivity index (χ0) is 40.7. The third kappa shape index (κ3) is 5.56. The van der Waals surface area contributed by atoms with Crippen molar-refractivity contribution in [3.63, 3.8) is 0 Å². The molecule has 288 valence electrons. The molecule has 0 unspecified atom stereocenters. The molecule has 0 saturated heterocycles. The molecule has 61 heavy (non-hydrogen) atoms. The second-order valence-electron chi connectivity index (χ2n) is 16.9. The van der Waals surface area contributed by atoms with Gasteiger partial charge in [0.25, 0.3) is 0 Å². The Hall–Kier alpha value is -7.68. The first-order valence-corrected chi connectivity index (χ1v) is 21.2. The summed E-state index contributed by atoms with van der Waals surface area (Å²) in [6, 6.07) is 77.5. The van der Waals surface area contributed by atoms with Crippen molar-refractivity contribution in [2.45, 2.75) is 19.3 Å². The van der Waals surface area contributed by atoms with E-state index in [1.54, 1.807) is 0 Å². The Kier molecular flexibility index (Phi) is 7.92. The van der Waals surface area contributed by atoms with Crippen LogP contribution in [-0.2, 0) is 5.41 Å². The van der Waals surface area contributed by atoms with Crippen molar-refractivity contribution in [3.05, 3.63) is 223 Å². The maximum absolute atomic E-state index is 7.02. The minimum Gasteiger partial charge on any atom is -0.455 e. The highest BCUT2D eigenvalue weighted by atomic mass is 16.3. The van der Waals surface area contributed by atoms with Crippen LogP contribution in [0.15, 0.2) is 217 Å². The smallest absolute Gasteiger partial charge is 0.143 e. The molecule has 12 rings (SSSR count). The number of rotatable bonds is 6. The van der Waals surface area contributed by atoms with Crippen molar-refractivity contribution in [2.24, 2.45) is 0 Å². The maximum atomic E-state index is 7.02. The summed E-state index contributed by atoms with van der Waals surface area (Å²) in [4.78, 5) is 2.47. The molecule has 2 heteroatoms. The quantitative estimate of drug-likeness (QED) is 0.167. The van der Waals surface area contributed by atoms with Crippen LogP contribution < -0.4 is 4.90 Å². The Morgan fingerprint density at radius 3 is 1.75 bits per heavy atom. The molecule has 1 heterocycles. The molecule has 0 saturated carbocycles. The van der Waals surface area contributed by atoms with E-state index in [0.29, 0.717) is 0 Å². The van der Waals surface area contributed by atoms with Gasteiger partial charge in [-0.2, -0.15) is 0 Å². The van der Waals surface area contributed by atoms with Gasteiger partial charge in [-0.05, 0) is 120 Å². The van der Waals surface area contributed by atoms with E-state index in [2.05, 4.69) is 231 Å². The molecule has 0 amide bonds. The second-order valence-corrected chi connectivity index (χ2v) is 16.9. The average molecular weight is 780 g/mol. The molecular weight excluding hydrogens is 739 g/mol. The van der Waals surface area contributed by atoms with Crippen molar-refractivity contribution in [3.8, 4) is 44.5 Å². The SMILES string of the molecule is CC1(C)c2ccccc2-c2ccc(N(c3cc(-c4ccccc4)cc(-c4ccccc4)c3)c3cccc4oc5c6ccccc6c(-c6cccc7ccccc67)cc5c34)cc21. The molecule has 11 aromatic rings. The molecule has 0 bridgehead atoms. The zero-order valence-corrected chi connectivity index (χ0v) is 34.1. The van der Waals surface area contributed by atoms with E-state index in [9.17, 15) is 0 Å². The minimum absolute atomic E-state index is 0.171. The minimum atomic E-state index is -0.171. The fourth-order valence-corrected chi connectivity index (χ4v) is 10.1. The summed E-state index contributed by atoms with van der Waals surface area (Å²) in [5, 5.41) is 6.91. The highest BCUT2D eigenvalue weighted by molar-refractivity contribution is 6.23. The van der Waals surface area contributed by atoms with Crippen LogP contribution in [-0.4, -0.2) is 0 Å². The van der Waals surface area contributed by atoms with Crippen molar-refractivity contribution < 1.29 is 4.42 Å². The van der Waals surface area contributed by atoms with Crippen LogP contribution in [0.4, 0.5) is 17.1 Å². The molecule has 1 aromatic heterocycles. The molecule has 0 spiro atoms. The molecule has 0 atom stereocenters. The third-order valence-corrected chi connectivity index (χ3v) is 13.0. The Morgan fingerprint density at radius 2 is 0.984 bits per heavy atom. The fourth-order valence-electron chi connectivity index (χ4n) is 10.1. The molecule has 0 N–H and O–H groups in total. The summed E-state index contributed by atoms with van der Waals surface area (Å²) in [6.07, 6.45) is 0. The summed E-state index contributed by atoms with van der Waals surface area (Å²) in [5.41, 5.74) is 17.2. The molecule has 0 aliphatic heterocycles. The van der Waals surface area contributed by atoms with E-state index < -0.39 is 0 Å². The van der Waals surface area contributed by atoms with Gasteiger partial charge in [0.05, 0.1) is 11.1 Å². The standard InChI is InChI=1S/C59H41NO/c1-59(2)53-28-14-13-25-48(53)49-32-31-43(36-54(49)59)60(44-34-41(38-17-5-3-6-18-38)33-42(35-44)39-19-7-4-8-20-39)55-29-16-30-56-57(55)52-37-51(47-24-11-12-26-50(47)58(52)61-56)46-27-15-22-40-21-9-10-23-45(40)46/h3-37H,1-2H3. The second kappa shape index (κ2) is 13.7. The summed E-state index contributed by atoms with van der Waals surface area (Å²) in [5.74, 6) is 0. The largest absolute Gasteiger partial charge is 0.455 e. The number of hydrogen-bond donors (Lipinski definition) is 0. The lowest BCUT2D eigenvalue weighted by molar-refractivity contribution is 0.660. The third-order valence-electron chi connectivity index (χ3n) is 13.0. The van der Waals surface area contributed by atoms with Crippen molar-refractivity contribution >= 4 is 60.5 Å². The molecule has 1 aliphatic carbocycles. The van der Waals surface area contributed by atoms with Gasteiger partial charge in [-0.1, -0.05) is 178 Å². The van der Waals surface area contributed by atoms with Crippen LogP contribution in [0.3, 0.4) is 0 Å². The number of anilines is 3. The number of nitrogens with zero attached hydrogens (tertiary/aromatic N) is 1.